The number of amides is 1. The molecule has 1 amide bonds. The van der Waals surface area contributed by atoms with Gasteiger partial charge in [0.2, 0.25) is 0 Å². The Kier molecular flexibility index (Phi) is 5.79. The lowest BCUT2D eigenvalue weighted by atomic mass is 10.2. The highest BCUT2D eigenvalue weighted by Crippen LogP contribution is 2.21. The Hall–Kier alpha value is -3.17. The number of anilines is 1. The van der Waals surface area contributed by atoms with Crippen LogP contribution in [0.4, 0.5) is 10.2 Å². The minimum Gasteiger partial charge on any atom is -0.302 e. The molecule has 4 aromatic rings. The number of aryl methyl sites for hydroxylation is 1. The van der Waals surface area contributed by atoms with Crippen LogP contribution in [0.25, 0.3) is 0 Å². The smallest absolute Gasteiger partial charge is 0.277 e. The maximum atomic E-state index is 13.4. The quantitative estimate of drug-likeness (QED) is 0.467. The van der Waals surface area contributed by atoms with Crippen molar-refractivity contribution < 1.29 is 9.18 Å². The topological polar surface area (TPSA) is 82.6 Å². The Labute approximate surface area is 187 Å². The van der Waals surface area contributed by atoms with E-state index in [4.69, 9.17) is 23.2 Å². The van der Waals surface area contributed by atoms with Crippen molar-refractivity contribution in [1.82, 2.24) is 29.3 Å². The van der Waals surface area contributed by atoms with Gasteiger partial charge in [0.1, 0.15) is 17.5 Å². The number of hydrogen-bond acceptors (Lipinski definition) is 4. The Balaban J connectivity index is 1.44. The predicted molar refractivity (Wildman–Crippen MR) is 115 cm³/mol. The van der Waals surface area contributed by atoms with E-state index in [1.807, 2.05) is 13.8 Å². The number of nitrogens with zero attached hydrogens (tertiary/aromatic N) is 6. The zero-order chi connectivity index (χ0) is 22.1. The first-order valence-electron chi connectivity index (χ1n) is 9.32. The van der Waals surface area contributed by atoms with Gasteiger partial charge in [-0.3, -0.25) is 14.2 Å². The normalized spacial score (nSPS) is 11.1. The van der Waals surface area contributed by atoms with Gasteiger partial charge in [0.05, 0.1) is 23.0 Å². The fourth-order valence-corrected chi connectivity index (χ4v) is 3.40. The molecule has 0 saturated carbocycles. The van der Waals surface area contributed by atoms with Gasteiger partial charge in [0.25, 0.3) is 5.91 Å². The zero-order valence-electron chi connectivity index (χ0n) is 16.7. The van der Waals surface area contributed by atoms with Crippen LogP contribution < -0.4 is 5.32 Å². The molecule has 0 aliphatic heterocycles. The highest BCUT2D eigenvalue weighted by molar-refractivity contribution is 6.33. The van der Waals surface area contributed by atoms with Gasteiger partial charge in [-0.25, -0.2) is 9.07 Å². The number of aromatic nitrogens is 6. The zero-order valence-corrected chi connectivity index (χ0v) is 18.2. The Morgan fingerprint density at radius 3 is 2.65 bits per heavy atom. The van der Waals surface area contributed by atoms with E-state index in [2.05, 4.69) is 20.6 Å². The summed E-state index contributed by atoms with van der Waals surface area (Å²) in [5.74, 6) is -0.589. The molecule has 4 rings (SSSR count). The van der Waals surface area contributed by atoms with Gasteiger partial charge < -0.3 is 5.32 Å². The molecule has 3 heterocycles. The van der Waals surface area contributed by atoms with Crippen LogP contribution in [0.2, 0.25) is 10.0 Å². The summed E-state index contributed by atoms with van der Waals surface area (Å²) in [7, 11) is 0. The van der Waals surface area contributed by atoms with E-state index in [1.54, 1.807) is 40.0 Å². The second-order valence-electron chi connectivity index (χ2n) is 6.97. The SMILES string of the molecule is Cc1nn(Cn2ccc(C(=O)Nc3nn(Cc4cccc(F)c4)cc3Cl)n2)c(C)c1Cl. The molecule has 0 unspecified atom stereocenters. The largest absolute Gasteiger partial charge is 0.302 e. The van der Waals surface area contributed by atoms with Crippen molar-refractivity contribution in [3.8, 4) is 0 Å². The van der Waals surface area contributed by atoms with Crippen molar-refractivity contribution in [1.29, 1.82) is 0 Å². The van der Waals surface area contributed by atoms with Crippen molar-refractivity contribution in [2.75, 3.05) is 5.32 Å². The van der Waals surface area contributed by atoms with Crippen LogP contribution in [0.5, 0.6) is 0 Å². The van der Waals surface area contributed by atoms with Crippen LogP contribution in [-0.2, 0) is 13.2 Å². The molecule has 160 valence electrons. The van der Waals surface area contributed by atoms with Crippen LogP contribution in [0, 0.1) is 19.7 Å². The van der Waals surface area contributed by atoms with Crippen molar-refractivity contribution >= 4 is 34.9 Å². The second-order valence-corrected chi connectivity index (χ2v) is 7.76. The van der Waals surface area contributed by atoms with E-state index >= 15 is 0 Å². The van der Waals surface area contributed by atoms with Crippen molar-refractivity contribution in [2.45, 2.75) is 27.1 Å². The molecule has 0 aliphatic rings. The van der Waals surface area contributed by atoms with Crippen molar-refractivity contribution in [3.63, 3.8) is 0 Å². The molecule has 0 atom stereocenters. The third kappa shape index (κ3) is 4.62. The lowest BCUT2D eigenvalue weighted by molar-refractivity contribution is 0.102. The van der Waals surface area contributed by atoms with Gasteiger partial charge in [0, 0.05) is 12.4 Å². The standard InChI is InChI=1S/C20H18Cl2FN7O/c1-12-18(22)13(2)30(25-12)11-28-7-6-17(26-28)20(31)24-19-16(21)10-29(27-19)9-14-4-3-5-15(23)8-14/h3-8,10H,9,11H2,1-2H3,(H,24,27,31). The first-order chi connectivity index (χ1) is 14.8. The molecule has 0 bridgehead atoms. The van der Waals surface area contributed by atoms with Gasteiger partial charge >= 0.3 is 0 Å². The number of hydrogen-bond donors (Lipinski definition) is 1. The molecule has 0 fully saturated rings. The lowest BCUT2D eigenvalue weighted by Gasteiger charge is -2.04. The van der Waals surface area contributed by atoms with Gasteiger partial charge in [-0.05, 0) is 37.6 Å². The molecule has 1 aromatic carbocycles. The summed E-state index contributed by atoms with van der Waals surface area (Å²) in [5.41, 5.74) is 2.47. The minimum absolute atomic E-state index is 0.197. The molecule has 0 spiro atoms. The van der Waals surface area contributed by atoms with E-state index in [-0.39, 0.29) is 22.4 Å². The number of halogens is 3. The number of carbonyl (C=O) groups is 1. The van der Waals surface area contributed by atoms with E-state index < -0.39 is 5.91 Å². The summed E-state index contributed by atoms with van der Waals surface area (Å²) < 4.78 is 18.2. The predicted octanol–water partition coefficient (Wildman–Crippen LogP) is 4.15. The molecule has 8 nitrogen and oxygen atoms in total. The molecular weight excluding hydrogens is 444 g/mol. The summed E-state index contributed by atoms with van der Waals surface area (Å²) >= 11 is 12.4. The molecule has 0 aliphatic carbocycles. The van der Waals surface area contributed by atoms with Crippen LogP contribution in [0.1, 0.15) is 27.4 Å². The van der Waals surface area contributed by atoms with Gasteiger partial charge in [-0.15, -0.1) is 0 Å². The molecular formula is C20H18Cl2FN7O. The first-order valence-corrected chi connectivity index (χ1v) is 10.1. The van der Waals surface area contributed by atoms with Crippen molar-refractivity contribution in [2.24, 2.45) is 0 Å². The third-order valence-electron chi connectivity index (χ3n) is 4.63. The van der Waals surface area contributed by atoms with Gasteiger partial charge in [-0.1, -0.05) is 35.3 Å². The number of carbonyl (C=O) groups excluding carboxylic acids is 1. The fourth-order valence-electron chi connectivity index (χ4n) is 3.07. The highest BCUT2D eigenvalue weighted by Gasteiger charge is 2.16. The van der Waals surface area contributed by atoms with Crippen molar-refractivity contribution in [3.05, 3.63) is 81.2 Å². The van der Waals surface area contributed by atoms with E-state index in [0.717, 1.165) is 17.0 Å². The average molecular weight is 462 g/mol. The van der Waals surface area contributed by atoms with Crippen LogP contribution in [0.3, 0.4) is 0 Å². The summed E-state index contributed by atoms with van der Waals surface area (Å²) in [5, 5.41) is 16.4. The number of rotatable bonds is 6. The van der Waals surface area contributed by atoms with Gasteiger partial charge in [-0.2, -0.15) is 15.3 Å². The molecule has 31 heavy (non-hydrogen) atoms. The average Bonchev–Trinajstić information content (AvgIpc) is 3.38. The molecule has 11 heteroatoms. The van der Waals surface area contributed by atoms with Crippen LogP contribution in [-0.4, -0.2) is 35.2 Å². The number of nitrogens with one attached hydrogen (secondary N) is 1. The second kappa shape index (κ2) is 8.52. The Morgan fingerprint density at radius 1 is 1.13 bits per heavy atom. The Bertz CT molecular complexity index is 1260. The Morgan fingerprint density at radius 2 is 1.94 bits per heavy atom. The fraction of sp³-hybridized carbons (Fsp3) is 0.200. The van der Waals surface area contributed by atoms with E-state index in [0.29, 0.717) is 18.2 Å². The molecule has 0 radical (unpaired) electrons. The monoisotopic (exact) mass is 461 g/mol. The summed E-state index contributed by atoms with van der Waals surface area (Å²) in [4.78, 5) is 12.6. The maximum Gasteiger partial charge on any atom is 0.277 e. The summed E-state index contributed by atoms with van der Waals surface area (Å²) in [6.45, 7) is 4.31. The van der Waals surface area contributed by atoms with Crippen LogP contribution in [0.15, 0.2) is 42.7 Å². The van der Waals surface area contributed by atoms with E-state index in [9.17, 15) is 9.18 Å². The van der Waals surface area contributed by atoms with Crippen LogP contribution >= 0.6 is 23.2 Å². The third-order valence-corrected chi connectivity index (χ3v) is 5.45. The minimum atomic E-state index is -0.456. The number of benzene rings is 1. The van der Waals surface area contributed by atoms with E-state index in [1.165, 1.54) is 16.8 Å². The summed E-state index contributed by atoms with van der Waals surface area (Å²) in [6.07, 6.45) is 3.23. The first kappa shape index (κ1) is 21.1. The summed E-state index contributed by atoms with van der Waals surface area (Å²) in [6, 6.07) is 7.76. The molecule has 1 N–H and O–H groups in total. The highest BCUT2D eigenvalue weighted by atomic mass is 35.5. The maximum absolute atomic E-state index is 13.4. The van der Waals surface area contributed by atoms with Gasteiger partial charge in [0.15, 0.2) is 11.5 Å². The lowest BCUT2D eigenvalue weighted by Crippen LogP contribution is -2.16. The molecule has 0 saturated heterocycles. The molecule has 3 aromatic heterocycles.